The fraction of sp³-hybridized carbons (Fsp3) is 0.471. The number of hydrogen-bond acceptors (Lipinski definition) is 4. The number of H-pyrrole nitrogens is 1. The highest BCUT2D eigenvalue weighted by atomic mass is 19.3. The van der Waals surface area contributed by atoms with E-state index in [1.165, 1.54) is 12.4 Å². The number of aromatic nitrogens is 3. The molecule has 8 heteroatoms. The van der Waals surface area contributed by atoms with Crippen molar-refractivity contribution in [3.8, 4) is 5.88 Å². The van der Waals surface area contributed by atoms with E-state index in [4.69, 9.17) is 4.74 Å². The molecule has 6 nitrogen and oxygen atoms in total. The molecule has 134 valence electrons. The smallest absolute Gasteiger partial charge is 0.248 e. The molecular weight excluding hydrogens is 330 g/mol. The maximum atomic E-state index is 13.3. The summed E-state index contributed by atoms with van der Waals surface area (Å²) < 4.78 is 32.5. The van der Waals surface area contributed by atoms with Gasteiger partial charge in [-0.3, -0.25) is 4.79 Å². The normalized spacial score (nSPS) is 17.9. The van der Waals surface area contributed by atoms with Gasteiger partial charge in [-0.25, -0.2) is 18.7 Å². The second-order valence-electron chi connectivity index (χ2n) is 6.05. The summed E-state index contributed by atoms with van der Waals surface area (Å²) in [7, 11) is 0. The van der Waals surface area contributed by atoms with E-state index in [-0.39, 0.29) is 37.7 Å². The number of fused-ring (bicyclic) bond motifs is 1. The number of carbonyl (C=O) groups excluding carboxylic acids is 1. The minimum atomic E-state index is -2.60. The van der Waals surface area contributed by atoms with E-state index < -0.39 is 5.92 Å². The lowest BCUT2D eigenvalue weighted by Crippen LogP contribution is -2.31. The first-order valence-electron chi connectivity index (χ1n) is 8.31. The topological polar surface area (TPSA) is 79.9 Å². The van der Waals surface area contributed by atoms with Crippen molar-refractivity contribution in [3.05, 3.63) is 24.2 Å². The standard InChI is InChI=1S/C17H20F2N4O2/c1-2-20-13(24)4-3-11-9-21-15-14(11)16(23-10-22-15)25-12-5-7-17(18,19)8-6-12/h3-4,9-10,12H,2,5-8H2,1H3,(H,20,24)(H,21,22,23)/b4-3+. The van der Waals surface area contributed by atoms with Crippen molar-refractivity contribution in [1.82, 2.24) is 20.3 Å². The molecule has 1 fully saturated rings. The van der Waals surface area contributed by atoms with E-state index >= 15 is 0 Å². The maximum Gasteiger partial charge on any atom is 0.248 e. The van der Waals surface area contributed by atoms with Gasteiger partial charge in [-0.15, -0.1) is 0 Å². The average molecular weight is 350 g/mol. The number of carbonyl (C=O) groups is 1. The lowest BCUT2D eigenvalue weighted by Gasteiger charge is -2.28. The van der Waals surface area contributed by atoms with E-state index in [9.17, 15) is 13.6 Å². The van der Waals surface area contributed by atoms with E-state index in [0.29, 0.717) is 29.0 Å². The number of likely N-dealkylation sites (N-methyl/N-ethyl adjacent to an activating group) is 1. The lowest BCUT2D eigenvalue weighted by atomic mass is 9.94. The minimum Gasteiger partial charge on any atom is -0.474 e. The van der Waals surface area contributed by atoms with Crippen LogP contribution in [0.3, 0.4) is 0 Å². The van der Waals surface area contributed by atoms with Crippen molar-refractivity contribution < 1.29 is 18.3 Å². The zero-order chi connectivity index (χ0) is 17.9. The summed E-state index contributed by atoms with van der Waals surface area (Å²) in [5, 5.41) is 3.31. The zero-order valence-corrected chi connectivity index (χ0v) is 13.9. The Morgan fingerprint density at radius 3 is 2.92 bits per heavy atom. The highest BCUT2D eigenvalue weighted by Gasteiger charge is 2.36. The molecule has 2 heterocycles. The predicted octanol–water partition coefficient (Wildman–Crippen LogP) is 3.06. The molecule has 0 bridgehead atoms. The maximum absolute atomic E-state index is 13.3. The Labute approximate surface area is 143 Å². The molecule has 0 unspecified atom stereocenters. The molecule has 0 radical (unpaired) electrons. The average Bonchev–Trinajstić information content (AvgIpc) is 2.99. The Kier molecular flexibility index (Phi) is 4.96. The zero-order valence-electron chi connectivity index (χ0n) is 13.9. The molecule has 0 atom stereocenters. The fourth-order valence-electron chi connectivity index (χ4n) is 2.87. The Hall–Kier alpha value is -2.51. The van der Waals surface area contributed by atoms with Crippen LogP contribution in [0.4, 0.5) is 8.78 Å². The molecule has 0 aliphatic heterocycles. The molecule has 0 saturated heterocycles. The van der Waals surface area contributed by atoms with E-state index in [1.807, 2.05) is 6.92 Å². The number of nitrogens with zero attached hydrogens (tertiary/aromatic N) is 2. The molecule has 2 aromatic heterocycles. The Morgan fingerprint density at radius 2 is 2.20 bits per heavy atom. The van der Waals surface area contributed by atoms with Gasteiger partial charge < -0.3 is 15.0 Å². The van der Waals surface area contributed by atoms with Gasteiger partial charge in [0.05, 0.1) is 5.39 Å². The summed E-state index contributed by atoms with van der Waals surface area (Å²) in [5.74, 6) is -2.46. The third-order valence-electron chi connectivity index (χ3n) is 4.17. The number of amides is 1. The number of nitrogens with one attached hydrogen (secondary N) is 2. The van der Waals surface area contributed by atoms with Crippen LogP contribution in [0.5, 0.6) is 5.88 Å². The summed E-state index contributed by atoms with van der Waals surface area (Å²) in [5.41, 5.74) is 1.28. The van der Waals surface area contributed by atoms with E-state index in [2.05, 4.69) is 20.3 Å². The third-order valence-corrected chi connectivity index (χ3v) is 4.17. The minimum absolute atomic E-state index is 0.178. The number of rotatable bonds is 5. The van der Waals surface area contributed by atoms with Crippen LogP contribution < -0.4 is 10.1 Å². The molecule has 1 aliphatic carbocycles. The summed E-state index contributed by atoms with van der Waals surface area (Å²) >= 11 is 0. The van der Waals surface area contributed by atoms with Crippen molar-refractivity contribution in [2.75, 3.05) is 6.54 Å². The van der Waals surface area contributed by atoms with Crippen molar-refractivity contribution in [3.63, 3.8) is 0 Å². The number of alkyl halides is 2. The number of halogens is 2. The third kappa shape index (κ3) is 4.12. The largest absolute Gasteiger partial charge is 0.474 e. The van der Waals surface area contributed by atoms with Gasteiger partial charge in [0, 0.05) is 37.2 Å². The molecule has 2 aromatic rings. The van der Waals surface area contributed by atoms with Crippen LogP contribution in [0, 0.1) is 0 Å². The SMILES string of the molecule is CCNC(=O)/C=C/c1c[nH]c2ncnc(OC3CCC(F)(F)CC3)c12. The van der Waals surface area contributed by atoms with Gasteiger partial charge >= 0.3 is 0 Å². The van der Waals surface area contributed by atoms with Crippen molar-refractivity contribution in [1.29, 1.82) is 0 Å². The van der Waals surface area contributed by atoms with Gasteiger partial charge in [0.1, 0.15) is 18.1 Å². The van der Waals surface area contributed by atoms with Crippen LogP contribution in [-0.4, -0.2) is 39.4 Å². The van der Waals surface area contributed by atoms with Crippen molar-refractivity contribution in [2.24, 2.45) is 0 Å². The number of hydrogen-bond donors (Lipinski definition) is 2. The second-order valence-corrected chi connectivity index (χ2v) is 6.05. The number of aromatic amines is 1. The van der Waals surface area contributed by atoms with Crippen LogP contribution in [-0.2, 0) is 4.79 Å². The first-order chi connectivity index (χ1) is 12.0. The van der Waals surface area contributed by atoms with Crippen LogP contribution in [0.15, 0.2) is 18.6 Å². The van der Waals surface area contributed by atoms with Crippen molar-refractivity contribution >= 4 is 23.0 Å². The fourth-order valence-corrected chi connectivity index (χ4v) is 2.87. The molecule has 0 spiro atoms. The highest BCUT2D eigenvalue weighted by Crippen LogP contribution is 2.36. The van der Waals surface area contributed by atoms with Gasteiger partial charge in [0.15, 0.2) is 0 Å². The first-order valence-corrected chi connectivity index (χ1v) is 8.31. The Morgan fingerprint density at radius 1 is 1.44 bits per heavy atom. The van der Waals surface area contributed by atoms with Gasteiger partial charge in [0.2, 0.25) is 17.7 Å². The number of ether oxygens (including phenoxy) is 1. The molecule has 25 heavy (non-hydrogen) atoms. The molecule has 3 rings (SSSR count). The van der Waals surface area contributed by atoms with Crippen LogP contribution >= 0.6 is 0 Å². The summed E-state index contributed by atoms with van der Waals surface area (Å²) in [4.78, 5) is 22.9. The Bertz CT molecular complexity index is 778. The molecular formula is C17H20F2N4O2. The van der Waals surface area contributed by atoms with Crippen LogP contribution in [0.2, 0.25) is 0 Å². The van der Waals surface area contributed by atoms with Crippen LogP contribution in [0.1, 0.15) is 38.2 Å². The Balaban J connectivity index is 1.81. The monoisotopic (exact) mass is 350 g/mol. The molecule has 2 N–H and O–H groups in total. The molecule has 1 amide bonds. The van der Waals surface area contributed by atoms with Gasteiger partial charge in [-0.2, -0.15) is 0 Å². The summed E-state index contributed by atoms with van der Waals surface area (Å²) in [6.07, 6.45) is 6.05. The lowest BCUT2D eigenvalue weighted by molar-refractivity contribution is -0.116. The van der Waals surface area contributed by atoms with Crippen LogP contribution in [0.25, 0.3) is 17.1 Å². The van der Waals surface area contributed by atoms with E-state index in [1.54, 1.807) is 12.3 Å². The highest BCUT2D eigenvalue weighted by molar-refractivity contribution is 5.96. The summed E-state index contributed by atoms with van der Waals surface area (Å²) in [6, 6.07) is 0. The van der Waals surface area contributed by atoms with Gasteiger partial charge in [-0.05, 0) is 25.8 Å². The molecule has 1 saturated carbocycles. The molecule has 0 aromatic carbocycles. The molecule has 1 aliphatic rings. The van der Waals surface area contributed by atoms with Gasteiger partial charge in [0.25, 0.3) is 0 Å². The quantitative estimate of drug-likeness (QED) is 0.812. The summed E-state index contributed by atoms with van der Waals surface area (Å²) in [6.45, 7) is 2.38. The first kappa shape index (κ1) is 17.3. The van der Waals surface area contributed by atoms with E-state index in [0.717, 1.165) is 0 Å². The second kappa shape index (κ2) is 7.16. The van der Waals surface area contributed by atoms with Crippen molar-refractivity contribution in [2.45, 2.75) is 44.6 Å². The predicted molar refractivity (Wildman–Crippen MR) is 89.4 cm³/mol. The van der Waals surface area contributed by atoms with Gasteiger partial charge in [-0.1, -0.05) is 0 Å².